The number of rotatable bonds is 3. The van der Waals surface area contributed by atoms with Gasteiger partial charge in [0.05, 0.1) is 0 Å². The van der Waals surface area contributed by atoms with Crippen molar-refractivity contribution in [3.05, 3.63) is 52.0 Å². The van der Waals surface area contributed by atoms with Crippen molar-refractivity contribution in [2.45, 2.75) is 25.8 Å². The van der Waals surface area contributed by atoms with Crippen LogP contribution >= 0.6 is 11.3 Å². The summed E-state index contributed by atoms with van der Waals surface area (Å²) in [6.07, 6.45) is 6.10. The van der Waals surface area contributed by atoms with Crippen LogP contribution in [0, 0.1) is 0 Å². The van der Waals surface area contributed by atoms with Crippen molar-refractivity contribution in [2.75, 3.05) is 13.1 Å². The molecule has 2 aromatic rings. The van der Waals surface area contributed by atoms with Crippen LogP contribution in [0.15, 0.2) is 36.0 Å². The van der Waals surface area contributed by atoms with E-state index in [1.54, 1.807) is 10.4 Å². The zero-order chi connectivity index (χ0) is 12.4. The number of fused-ring (bicyclic) bond motifs is 1. The Bertz CT molecular complexity index is 506. The van der Waals surface area contributed by atoms with Gasteiger partial charge in [0.2, 0.25) is 0 Å². The first-order chi connectivity index (χ1) is 8.84. The summed E-state index contributed by atoms with van der Waals surface area (Å²) < 4.78 is 0. The first kappa shape index (κ1) is 11.9. The van der Waals surface area contributed by atoms with Gasteiger partial charge < -0.3 is 0 Å². The summed E-state index contributed by atoms with van der Waals surface area (Å²) in [5, 5.41) is 2.23. The largest absolute Gasteiger partial charge is 0.296 e. The second kappa shape index (κ2) is 5.21. The van der Waals surface area contributed by atoms with Crippen LogP contribution in [0.2, 0.25) is 0 Å². The molecule has 0 N–H and O–H groups in total. The minimum Gasteiger partial charge on any atom is -0.296 e. The molecule has 2 nitrogen and oxygen atoms in total. The molecule has 18 heavy (non-hydrogen) atoms. The van der Waals surface area contributed by atoms with Gasteiger partial charge in [-0.25, -0.2) is 0 Å². The number of hydrogen-bond acceptors (Lipinski definition) is 3. The van der Waals surface area contributed by atoms with Crippen molar-refractivity contribution in [3.8, 4) is 0 Å². The third-order valence-electron chi connectivity index (χ3n) is 3.84. The molecule has 3 rings (SSSR count). The van der Waals surface area contributed by atoms with Gasteiger partial charge in [0.25, 0.3) is 0 Å². The van der Waals surface area contributed by atoms with Crippen LogP contribution in [0.1, 0.15) is 29.0 Å². The van der Waals surface area contributed by atoms with Crippen molar-refractivity contribution in [2.24, 2.45) is 0 Å². The van der Waals surface area contributed by atoms with E-state index in [-0.39, 0.29) is 0 Å². The van der Waals surface area contributed by atoms with E-state index >= 15 is 0 Å². The molecule has 0 fully saturated rings. The van der Waals surface area contributed by atoms with Gasteiger partial charge in [-0.3, -0.25) is 9.88 Å². The van der Waals surface area contributed by atoms with Gasteiger partial charge in [-0.1, -0.05) is 0 Å². The first-order valence-corrected chi connectivity index (χ1v) is 7.42. The average molecular weight is 258 g/mol. The number of aromatic nitrogens is 1. The maximum atomic E-state index is 4.07. The van der Waals surface area contributed by atoms with Crippen molar-refractivity contribution < 1.29 is 0 Å². The van der Waals surface area contributed by atoms with E-state index in [1.165, 1.54) is 18.5 Å². The Morgan fingerprint density at radius 2 is 2.17 bits per heavy atom. The molecule has 3 heterocycles. The molecule has 0 amide bonds. The Morgan fingerprint density at radius 1 is 1.33 bits per heavy atom. The molecule has 2 aromatic heterocycles. The molecule has 0 bridgehead atoms. The molecule has 0 saturated carbocycles. The van der Waals surface area contributed by atoms with E-state index in [4.69, 9.17) is 0 Å². The average Bonchev–Trinajstić information content (AvgIpc) is 2.88. The Kier molecular flexibility index (Phi) is 3.43. The van der Waals surface area contributed by atoms with Crippen LogP contribution in [0.3, 0.4) is 0 Å². The van der Waals surface area contributed by atoms with Crippen LogP contribution in [0.4, 0.5) is 0 Å². The van der Waals surface area contributed by atoms with Crippen molar-refractivity contribution in [1.29, 1.82) is 0 Å². The van der Waals surface area contributed by atoms with Crippen LogP contribution in [0.5, 0.6) is 0 Å². The van der Waals surface area contributed by atoms with Gasteiger partial charge in [-0.15, -0.1) is 11.3 Å². The lowest BCUT2D eigenvalue weighted by Gasteiger charge is -2.33. The number of thiophene rings is 1. The van der Waals surface area contributed by atoms with Gasteiger partial charge in [0, 0.05) is 36.4 Å². The fourth-order valence-corrected chi connectivity index (χ4v) is 3.65. The Hall–Kier alpha value is -1.19. The van der Waals surface area contributed by atoms with Gasteiger partial charge in [-0.2, -0.15) is 0 Å². The summed E-state index contributed by atoms with van der Waals surface area (Å²) in [6, 6.07) is 7.10. The fraction of sp³-hybridized carbons (Fsp3) is 0.400. The lowest BCUT2D eigenvalue weighted by Crippen LogP contribution is -2.34. The number of nitrogens with zero attached hydrogens (tertiary/aromatic N) is 2. The number of pyridine rings is 1. The molecule has 0 aromatic carbocycles. The molecule has 0 radical (unpaired) electrons. The van der Waals surface area contributed by atoms with E-state index in [0.717, 1.165) is 13.0 Å². The molecule has 0 saturated heterocycles. The van der Waals surface area contributed by atoms with Crippen LogP contribution < -0.4 is 0 Å². The predicted molar refractivity (Wildman–Crippen MR) is 76.0 cm³/mol. The summed E-state index contributed by atoms with van der Waals surface area (Å²) in [7, 11) is 0. The molecule has 0 spiro atoms. The molecular weight excluding hydrogens is 240 g/mol. The van der Waals surface area contributed by atoms with Crippen LogP contribution in [0.25, 0.3) is 0 Å². The molecular formula is C15H18N2S. The second-order valence-corrected chi connectivity index (χ2v) is 5.87. The van der Waals surface area contributed by atoms with E-state index in [9.17, 15) is 0 Å². The van der Waals surface area contributed by atoms with E-state index in [0.29, 0.717) is 6.04 Å². The van der Waals surface area contributed by atoms with Gasteiger partial charge in [-0.05, 0) is 54.5 Å². The minimum absolute atomic E-state index is 0.571. The first-order valence-electron chi connectivity index (χ1n) is 6.54. The van der Waals surface area contributed by atoms with E-state index < -0.39 is 0 Å². The maximum Gasteiger partial charge on any atom is 0.0331 e. The number of hydrogen-bond donors (Lipinski definition) is 0. The molecule has 1 atom stereocenters. The summed E-state index contributed by atoms with van der Waals surface area (Å²) in [5.41, 5.74) is 2.93. The van der Waals surface area contributed by atoms with Gasteiger partial charge >= 0.3 is 0 Å². The highest BCUT2D eigenvalue weighted by atomic mass is 32.1. The lowest BCUT2D eigenvalue weighted by molar-refractivity contribution is 0.203. The molecule has 1 unspecified atom stereocenters. The van der Waals surface area contributed by atoms with Crippen molar-refractivity contribution in [3.63, 3.8) is 0 Å². The monoisotopic (exact) mass is 258 g/mol. The summed E-state index contributed by atoms with van der Waals surface area (Å²) in [5.74, 6) is 0. The minimum atomic E-state index is 0.571. The smallest absolute Gasteiger partial charge is 0.0331 e. The Labute approximate surface area is 112 Å². The maximum absolute atomic E-state index is 4.07. The standard InChI is InChI=1S/C15H18N2S/c1-12-14-6-11-18-15(14)5-10-17(12)9-4-13-2-7-16-8-3-13/h2-3,6-8,11-12H,4-5,9-10H2,1H3. The van der Waals surface area contributed by atoms with E-state index in [1.807, 2.05) is 23.7 Å². The molecule has 1 aliphatic rings. The molecule has 94 valence electrons. The normalized spacial score (nSPS) is 19.7. The predicted octanol–water partition coefficient (Wildman–Crippen LogP) is 3.30. The van der Waals surface area contributed by atoms with Gasteiger partial charge in [0.15, 0.2) is 0 Å². The summed E-state index contributed by atoms with van der Waals surface area (Å²) in [4.78, 5) is 8.24. The summed E-state index contributed by atoms with van der Waals surface area (Å²) >= 11 is 1.91. The molecule has 1 aliphatic heterocycles. The van der Waals surface area contributed by atoms with Gasteiger partial charge in [0.1, 0.15) is 0 Å². The van der Waals surface area contributed by atoms with Crippen molar-refractivity contribution in [1.82, 2.24) is 9.88 Å². The Morgan fingerprint density at radius 3 is 3.00 bits per heavy atom. The van der Waals surface area contributed by atoms with Crippen LogP contribution in [-0.4, -0.2) is 23.0 Å². The highest BCUT2D eigenvalue weighted by molar-refractivity contribution is 7.10. The fourth-order valence-electron chi connectivity index (χ4n) is 2.69. The summed E-state index contributed by atoms with van der Waals surface area (Å²) in [6.45, 7) is 4.66. The third-order valence-corrected chi connectivity index (χ3v) is 4.84. The molecule has 3 heteroatoms. The van der Waals surface area contributed by atoms with Crippen molar-refractivity contribution >= 4 is 11.3 Å². The Balaban J connectivity index is 1.65. The highest BCUT2D eigenvalue weighted by Gasteiger charge is 2.23. The molecule has 0 aliphatic carbocycles. The second-order valence-electron chi connectivity index (χ2n) is 4.87. The third kappa shape index (κ3) is 2.33. The SMILES string of the molecule is CC1c2ccsc2CCN1CCc1ccncc1. The zero-order valence-electron chi connectivity index (χ0n) is 10.7. The zero-order valence-corrected chi connectivity index (χ0v) is 11.5. The highest BCUT2D eigenvalue weighted by Crippen LogP contribution is 2.32. The van der Waals surface area contributed by atoms with Crippen LogP contribution in [-0.2, 0) is 12.8 Å². The lowest BCUT2D eigenvalue weighted by atomic mass is 10.0. The quantitative estimate of drug-likeness (QED) is 0.839. The van der Waals surface area contributed by atoms with E-state index in [2.05, 4.69) is 40.4 Å². The topological polar surface area (TPSA) is 16.1 Å².